The van der Waals surface area contributed by atoms with Gasteiger partial charge in [-0.1, -0.05) is 0 Å². The summed E-state index contributed by atoms with van der Waals surface area (Å²) in [5.41, 5.74) is 0. The number of aliphatic hydroxyl groups is 1. The van der Waals surface area contributed by atoms with Gasteiger partial charge < -0.3 is 5.11 Å². The number of hydrogen-bond acceptors (Lipinski definition) is 1. The molecular weight excluding hydrogens is 133 g/mol. The van der Waals surface area contributed by atoms with Crippen LogP contribution in [0.5, 0.6) is 0 Å². The van der Waals surface area contributed by atoms with E-state index in [2.05, 4.69) is 0 Å². The zero-order valence-corrected chi connectivity index (χ0v) is 4.91. The molecule has 0 unspecified atom stereocenters. The first-order chi connectivity index (χ1) is 4.06. The Hall–Kier alpha value is -0.250. The highest BCUT2D eigenvalue weighted by Crippen LogP contribution is 2.16. The van der Waals surface area contributed by atoms with Crippen LogP contribution in [0.15, 0.2) is 0 Å². The summed E-state index contributed by atoms with van der Waals surface area (Å²) in [6.45, 7) is -0.601. The lowest BCUT2D eigenvalue weighted by Crippen LogP contribution is -2.13. The third-order valence-electron chi connectivity index (χ3n) is 0.861. The summed E-state index contributed by atoms with van der Waals surface area (Å²) in [6.07, 6.45) is -4.14. The van der Waals surface area contributed by atoms with Crippen molar-refractivity contribution in [1.82, 2.24) is 0 Å². The van der Waals surface area contributed by atoms with Crippen LogP contribution in [-0.4, -0.2) is 17.9 Å². The van der Waals surface area contributed by atoms with Crippen molar-refractivity contribution in [2.75, 3.05) is 6.67 Å². The minimum absolute atomic E-state index is 0.0278. The molecule has 1 N–H and O–H groups in total. The Morgan fingerprint density at radius 2 is 1.78 bits per heavy atom. The van der Waals surface area contributed by atoms with E-state index in [4.69, 9.17) is 5.11 Å². The molecule has 0 aliphatic heterocycles. The molecule has 0 heterocycles. The van der Waals surface area contributed by atoms with Gasteiger partial charge in [0.1, 0.15) is 0 Å². The van der Waals surface area contributed by atoms with Crippen molar-refractivity contribution < 1.29 is 18.3 Å². The number of halogens is 3. The fourth-order valence-corrected chi connectivity index (χ4v) is 0.432. The topological polar surface area (TPSA) is 20.2 Å². The lowest BCUT2D eigenvalue weighted by atomic mass is 10.2. The van der Waals surface area contributed by atoms with E-state index in [1.807, 2.05) is 0 Å². The molecule has 4 heteroatoms. The molecule has 0 spiro atoms. The maximum absolute atomic E-state index is 11.5. The summed E-state index contributed by atoms with van der Waals surface area (Å²) in [5.74, 6) is 0. The molecule has 1 nitrogen and oxygen atoms in total. The molecule has 0 saturated carbocycles. The van der Waals surface area contributed by atoms with Gasteiger partial charge >= 0.3 is 6.11 Å². The number of rotatable bonds is 4. The Morgan fingerprint density at radius 3 is 2.11 bits per heavy atom. The van der Waals surface area contributed by atoms with Crippen molar-refractivity contribution in [3.05, 3.63) is 0 Å². The van der Waals surface area contributed by atoms with Gasteiger partial charge in [0.25, 0.3) is 0 Å². The van der Waals surface area contributed by atoms with Crippen LogP contribution in [0.2, 0.25) is 0 Å². The second kappa shape index (κ2) is 3.71. The highest BCUT2D eigenvalue weighted by atomic mass is 19.3. The van der Waals surface area contributed by atoms with E-state index >= 15 is 0 Å². The lowest BCUT2D eigenvalue weighted by Gasteiger charge is -2.05. The van der Waals surface area contributed by atoms with Gasteiger partial charge in [0, 0.05) is 6.42 Å². The molecule has 9 heavy (non-hydrogen) atoms. The molecule has 0 aromatic carbocycles. The average molecular weight is 142 g/mol. The van der Waals surface area contributed by atoms with Gasteiger partial charge in [-0.3, -0.25) is 4.39 Å². The molecule has 0 rings (SSSR count). The van der Waals surface area contributed by atoms with Crippen LogP contribution in [0.4, 0.5) is 13.2 Å². The first-order valence-corrected chi connectivity index (χ1v) is 2.72. The number of unbranched alkanes of at least 4 members (excludes halogenated alkanes) is 1. The summed E-state index contributed by atoms with van der Waals surface area (Å²) in [5, 5.41) is 7.79. The quantitative estimate of drug-likeness (QED) is 0.592. The van der Waals surface area contributed by atoms with Crippen LogP contribution >= 0.6 is 0 Å². The van der Waals surface area contributed by atoms with Crippen LogP contribution in [0.25, 0.3) is 0 Å². The molecule has 0 bridgehead atoms. The number of hydrogen-bond donors (Lipinski definition) is 1. The van der Waals surface area contributed by atoms with Gasteiger partial charge in [-0.15, -0.1) is 0 Å². The average Bonchev–Trinajstić information content (AvgIpc) is 1.63. The molecule has 0 saturated heterocycles. The van der Waals surface area contributed by atoms with E-state index in [0.29, 0.717) is 0 Å². The third kappa shape index (κ3) is 7.75. The van der Waals surface area contributed by atoms with Crippen LogP contribution in [0.1, 0.15) is 19.3 Å². The zero-order chi connectivity index (χ0) is 7.33. The van der Waals surface area contributed by atoms with Crippen molar-refractivity contribution >= 4 is 0 Å². The number of alkyl halides is 3. The molecular formula is C5H9F3O. The van der Waals surface area contributed by atoms with Gasteiger partial charge in [-0.05, 0) is 12.8 Å². The molecule has 0 aromatic rings. The van der Waals surface area contributed by atoms with Crippen molar-refractivity contribution in [3.8, 4) is 0 Å². The molecule has 0 amide bonds. The van der Waals surface area contributed by atoms with Crippen molar-refractivity contribution in [1.29, 1.82) is 0 Å². The summed E-state index contributed by atoms with van der Waals surface area (Å²) >= 11 is 0. The van der Waals surface area contributed by atoms with E-state index in [1.54, 1.807) is 0 Å². The Kier molecular flexibility index (Phi) is 3.61. The molecule has 0 fully saturated rings. The SMILES string of the molecule is OC(F)(F)CCCCF. The van der Waals surface area contributed by atoms with Crippen LogP contribution < -0.4 is 0 Å². The fraction of sp³-hybridized carbons (Fsp3) is 1.00. The van der Waals surface area contributed by atoms with E-state index < -0.39 is 19.2 Å². The van der Waals surface area contributed by atoms with E-state index in [9.17, 15) is 13.2 Å². The fourth-order valence-electron chi connectivity index (χ4n) is 0.432. The highest BCUT2D eigenvalue weighted by Gasteiger charge is 2.22. The van der Waals surface area contributed by atoms with E-state index in [1.165, 1.54) is 0 Å². The monoisotopic (exact) mass is 142 g/mol. The van der Waals surface area contributed by atoms with E-state index in [0.717, 1.165) is 0 Å². The summed E-state index contributed by atoms with van der Waals surface area (Å²) in [4.78, 5) is 0. The predicted molar refractivity (Wildman–Crippen MR) is 27.0 cm³/mol. The molecule has 0 aliphatic carbocycles. The van der Waals surface area contributed by atoms with Crippen LogP contribution in [0, 0.1) is 0 Å². The zero-order valence-electron chi connectivity index (χ0n) is 4.91. The minimum Gasteiger partial charge on any atom is -0.336 e. The first-order valence-electron chi connectivity index (χ1n) is 2.72. The molecule has 0 aromatic heterocycles. The van der Waals surface area contributed by atoms with E-state index in [-0.39, 0.29) is 12.8 Å². The standard InChI is InChI=1S/C5H9F3O/c6-4-2-1-3-5(7,8)9/h9H,1-4H2. The third-order valence-corrected chi connectivity index (χ3v) is 0.861. The summed E-state index contributed by atoms with van der Waals surface area (Å²) in [7, 11) is 0. The molecule has 56 valence electrons. The van der Waals surface area contributed by atoms with Crippen molar-refractivity contribution in [2.45, 2.75) is 25.4 Å². The Balaban J connectivity index is 3.07. The lowest BCUT2D eigenvalue weighted by molar-refractivity contribution is -0.203. The van der Waals surface area contributed by atoms with Gasteiger partial charge in [0.15, 0.2) is 0 Å². The Bertz CT molecular complexity index is 69.1. The smallest absolute Gasteiger partial charge is 0.336 e. The van der Waals surface area contributed by atoms with Gasteiger partial charge in [-0.2, -0.15) is 8.78 Å². The summed E-state index contributed by atoms with van der Waals surface area (Å²) in [6, 6.07) is 0. The van der Waals surface area contributed by atoms with Crippen molar-refractivity contribution in [3.63, 3.8) is 0 Å². The predicted octanol–water partition coefficient (Wildman–Crippen LogP) is 1.71. The minimum atomic E-state index is -3.62. The Morgan fingerprint density at radius 1 is 1.22 bits per heavy atom. The second-order valence-electron chi connectivity index (χ2n) is 1.81. The van der Waals surface area contributed by atoms with Gasteiger partial charge in [0.05, 0.1) is 6.67 Å². The van der Waals surface area contributed by atoms with Crippen LogP contribution in [0.3, 0.4) is 0 Å². The molecule has 0 aliphatic rings. The highest BCUT2D eigenvalue weighted by molar-refractivity contribution is 4.48. The first kappa shape index (κ1) is 8.75. The normalized spacial score (nSPS) is 12.0. The van der Waals surface area contributed by atoms with Gasteiger partial charge in [0.2, 0.25) is 0 Å². The molecule has 0 radical (unpaired) electrons. The Labute approximate surface area is 51.5 Å². The summed E-state index contributed by atoms with van der Waals surface area (Å²) < 4.78 is 34.2. The maximum Gasteiger partial charge on any atom is 0.353 e. The second-order valence-corrected chi connectivity index (χ2v) is 1.81. The van der Waals surface area contributed by atoms with Crippen LogP contribution in [-0.2, 0) is 0 Å². The molecule has 0 atom stereocenters. The van der Waals surface area contributed by atoms with Crippen molar-refractivity contribution in [2.24, 2.45) is 0 Å². The maximum atomic E-state index is 11.5. The largest absolute Gasteiger partial charge is 0.353 e. The van der Waals surface area contributed by atoms with Gasteiger partial charge in [-0.25, -0.2) is 0 Å².